The van der Waals surface area contributed by atoms with Gasteiger partial charge in [-0.3, -0.25) is 0 Å². The Hall–Kier alpha value is 0.0800. The molecule has 19 heavy (non-hydrogen) atoms. The van der Waals surface area contributed by atoms with E-state index in [0.717, 1.165) is 29.7 Å². The van der Waals surface area contributed by atoms with Crippen molar-refractivity contribution in [2.75, 3.05) is 18.4 Å². The molecular weight excluding hydrogens is 347 g/mol. The lowest BCUT2D eigenvalue weighted by molar-refractivity contribution is 0.254. The van der Waals surface area contributed by atoms with Gasteiger partial charge in [0.1, 0.15) is 5.75 Å². The van der Waals surface area contributed by atoms with Crippen molar-refractivity contribution in [1.29, 1.82) is 0 Å². The number of fused-ring (bicyclic) bond motifs is 1. The molecule has 1 aliphatic heterocycles. The molecule has 4 heteroatoms. The Labute approximate surface area is 133 Å². The normalized spacial score (nSPS) is 14.6. The first-order valence-corrected chi connectivity index (χ1v) is 8.44. The SMILES string of the molecule is CC(C)C(CCl)(CCl)Cc1cc(Br)cc2c1OCC2. The van der Waals surface area contributed by atoms with E-state index in [2.05, 4.69) is 41.9 Å². The molecule has 0 spiro atoms. The highest BCUT2D eigenvalue weighted by molar-refractivity contribution is 9.10. The van der Waals surface area contributed by atoms with E-state index in [-0.39, 0.29) is 5.41 Å². The molecule has 0 fully saturated rings. The predicted octanol–water partition coefficient (Wildman–Crippen LogP) is 5.05. The Morgan fingerprint density at radius 1 is 1.32 bits per heavy atom. The molecule has 1 aromatic rings. The topological polar surface area (TPSA) is 9.23 Å². The van der Waals surface area contributed by atoms with Crippen LogP contribution in [0.2, 0.25) is 0 Å². The van der Waals surface area contributed by atoms with Gasteiger partial charge in [-0.25, -0.2) is 0 Å². The maximum Gasteiger partial charge on any atom is 0.125 e. The van der Waals surface area contributed by atoms with Crippen molar-refractivity contribution in [3.05, 3.63) is 27.7 Å². The van der Waals surface area contributed by atoms with Crippen molar-refractivity contribution >= 4 is 39.1 Å². The van der Waals surface area contributed by atoms with Gasteiger partial charge >= 0.3 is 0 Å². The van der Waals surface area contributed by atoms with Crippen LogP contribution in [0, 0.1) is 11.3 Å². The molecule has 0 bridgehead atoms. The summed E-state index contributed by atoms with van der Waals surface area (Å²) in [4.78, 5) is 0. The van der Waals surface area contributed by atoms with Gasteiger partial charge in [0.2, 0.25) is 0 Å². The van der Waals surface area contributed by atoms with Gasteiger partial charge in [-0.1, -0.05) is 29.8 Å². The average Bonchev–Trinajstić information content (AvgIpc) is 2.83. The molecule has 1 aliphatic rings. The van der Waals surface area contributed by atoms with Crippen LogP contribution in [0.3, 0.4) is 0 Å². The van der Waals surface area contributed by atoms with E-state index in [0.29, 0.717) is 17.7 Å². The minimum Gasteiger partial charge on any atom is -0.493 e. The van der Waals surface area contributed by atoms with Gasteiger partial charge in [0.25, 0.3) is 0 Å². The smallest absolute Gasteiger partial charge is 0.125 e. The highest BCUT2D eigenvalue weighted by Gasteiger charge is 2.34. The zero-order chi connectivity index (χ0) is 14.0. The van der Waals surface area contributed by atoms with Crippen molar-refractivity contribution in [1.82, 2.24) is 0 Å². The number of rotatable bonds is 5. The number of hydrogen-bond donors (Lipinski definition) is 0. The zero-order valence-corrected chi connectivity index (χ0v) is 14.4. The first kappa shape index (κ1) is 15.5. The fourth-order valence-corrected chi connectivity index (χ4v) is 4.14. The fraction of sp³-hybridized carbons (Fsp3) is 0.600. The van der Waals surface area contributed by atoms with Crippen molar-refractivity contribution in [3.63, 3.8) is 0 Å². The molecule has 2 rings (SSSR count). The zero-order valence-electron chi connectivity index (χ0n) is 11.3. The third-order valence-corrected chi connectivity index (χ3v) is 5.65. The standard InChI is InChI=1S/C15H19BrCl2O/c1-10(2)15(8-17,9-18)7-12-6-13(16)5-11-3-4-19-14(11)12/h5-6,10H,3-4,7-9H2,1-2H3. The van der Waals surface area contributed by atoms with Crippen molar-refractivity contribution in [2.45, 2.75) is 26.7 Å². The van der Waals surface area contributed by atoms with E-state index in [1.165, 1.54) is 11.1 Å². The molecule has 0 unspecified atom stereocenters. The van der Waals surface area contributed by atoms with Crippen molar-refractivity contribution < 1.29 is 4.74 Å². The number of alkyl halides is 2. The van der Waals surface area contributed by atoms with Crippen LogP contribution in [0.1, 0.15) is 25.0 Å². The van der Waals surface area contributed by atoms with Gasteiger partial charge in [0.15, 0.2) is 0 Å². The maximum absolute atomic E-state index is 6.22. The second kappa shape index (κ2) is 6.24. The number of ether oxygens (including phenoxy) is 1. The Balaban J connectivity index is 2.37. The van der Waals surface area contributed by atoms with Gasteiger partial charge in [-0.05, 0) is 35.6 Å². The molecule has 1 heterocycles. The molecule has 0 saturated heterocycles. The van der Waals surface area contributed by atoms with Crippen LogP contribution in [0.4, 0.5) is 0 Å². The van der Waals surface area contributed by atoms with Gasteiger partial charge in [-0.15, -0.1) is 23.2 Å². The van der Waals surface area contributed by atoms with Gasteiger partial charge in [0, 0.05) is 28.1 Å². The molecule has 0 amide bonds. The van der Waals surface area contributed by atoms with Gasteiger partial charge < -0.3 is 4.74 Å². The van der Waals surface area contributed by atoms with E-state index in [1.54, 1.807) is 0 Å². The maximum atomic E-state index is 6.22. The summed E-state index contributed by atoms with van der Waals surface area (Å²) >= 11 is 16.0. The van der Waals surface area contributed by atoms with E-state index in [1.807, 2.05) is 0 Å². The number of hydrogen-bond acceptors (Lipinski definition) is 1. The molecule has 0 radical (unpaired) electrons. The lowest BCUT2D eigenvalue weighted by Crippen LogP contribution is -2.34. The summed E-state index contributed by atoms with van der Waals surface area (Å²) < 4.78 is 6.90. The lowest BCUT2D eigenvalue weighted by atomic mass is 9.75. The molecule has 106 valence electrons. The van der Waals surface area contributed by atoms with Crippen LogP contribution >= 0.6 is 39.1 Å². The molecule has 0 atom stereocenters. The molecule has 1 nitrogen and oxygen atoms in total. The third-order valence-electron chi connectivity index (χ3n) is 4.12. The van der Waals surface area contributed by atoms with Crippen LogP contribution in [-0.4, -0.2) is 18.4 Å². The van der Waals surface area contributed by atoms with E-state index in [4.69, 9.17) is 27.9 Å². The summed E-state index contributed by atoms with van der Waals surface area (Å²) in [6.45, 7) is 5.14. The van der Waals surface area contributed by atoms with Crippen molar-refractivity contribution in [2.24, 2.45) is 11.3 Å². The minimum atomic E-state index is -0.0797. The Morgan fingerprint density at radius 3 is 2.58 bits per heavy atom. The summed E-state index contributed by atoms with van der Waals surface area (Å²) in [5, 5.41) is 0. The second-order valence-electron chi connectivity index (χ2n) is 5.61. The Bertz CT molecular complexity index is 456. The fourth-order valence-electron chi connectivity index (χ4n) is 2.50. The molecule has 1 aromatic carbocycles. The van der Waals surface area contributed by atoms with E-state index in [9.17, 15) is 0 Å². The Morgan fingerprint density at radius 2 is 2.00 bits per heavy atom. The average molecular weight is 366 g/mol. The quantitative estimate of drug-likeness (QED) is 0.663. The third kappa shape index (κ3) is 3.06. The summed E-state index contributed by atoms with van der Waals surface area (Å²) in [6.07, 6.45) is 1.84. The summed E-state index contributed by atoms with van der Waals surface area (Å²) in [5.41, 5.74) is 2.42. The van der Waals surface area contributed by atoms with Crippen LogP contribution in [0.5, 0.6) is 5.75 Å². The first-order chi connectivity index (χ1) is 9.02. The summed E-state index contributed by atoms with van der Waals surface area (Å²) in [6, 6.07) is 4.28. The monoisotopic (exact) mass is 364 g/mol. The van der Waals surface area contributed by atoms with Crippen molar-refractivity contribution in [3.8, 4) is 5.75 Å². The lowest BCUT2D eigenvalue weighted by Gasteiger charge is -2.34. The van der Waals surface area contributed by atoms with Crippen LogP contribution in [-0.2, 0) is 12.8 Å². The number of benzene rings is 1. The summed E-state index contributed by atoms with van der Waals surface area (Å²) in [5.74, 6) is 2.60. The molecule has 0 saturated carbocycles. The van der Waals surface area contributed by atoms with E-state index >= 15 is 0 Å². The second-order valence-corrected chi connectivity index (χ2v) is 7.06. The Kier molecular flexibility index (Phi) is 5.08. The number of halogens is 3. The molecule has 0 N–H and O–H groups in total. The van der Waals surface area contributed by atoms with Gasteiger partial charge in [-0.2, -0.15) is 0 Å². The molecule has 0 aromatic heterocycles. The predicted molar refractivity (Wildman–Crippen MR) is 85.8 cm³/mol. The summed E-state index contributed by atoms with van der Waals surface area (Å²) in [7, 11) is 0. The van der Waals surface area contributed by atoms with Crippen LogP contribution < -0.4 is 4.74 Å². The molecular formula is C15H19BrCl2O. The van der Waals surface area contributed by atoms with E-state index < -0.39 is 0 Å². The van der Waals surface area contributed by atoms with Gasteiger partial charge in [0.05, 0.1) is 6.61 Å². The van der Waals surface area contributed by atoms with Crippen LogP contribution in [0.25, 0.3) is 0 Å². The minimum absolute atomic E-state index is 0.0797. The molecule has 0 aliphatic carbocycles. The highest BCUT2D eigenvalue weighted by atomic mass is 79.9. The van der Waals surface area contributed by atoms with Crippen LogP contribution in [0.15, 0.2) is 16.6 Å². The largest absolute Gasteiger partial charge is 0.493 e. The highest BCUT2D eigenvalue weighted by Crippen LogP contribution is 2.40. The first-order valence-electron chi connectivity index (χ1n) is 6.58.